The number of carbonyl (C=O) groups is 2. The van der Waals surface area contributed by atoms with E-state index in [0.717, 1.165) is 18.2 Å². The monoisotopic (exact) mass is 385 g/mol. The molecule has 0 heterocycles. The molecule has 0 unspecified atom stereocenters. The molecule has 2 rings (SSSR count). The van der Waals surface area contributed by atoms with E-state index in [4.69, 9.17) is 21.6 Å². The van der Waals surface area contributed by atoms with Crippen molar-refractivity contribution < 1.29 is 19.2 Å². The molecule has 8 nitrogen and oxygen atoms in total. The van der Waals surface area contributed by atoms with E-state index in [0.29, 0.717) is 10.6 Å². The minimum absolute atomic E-state index is 0.0794. The third-order valence-corrected chi connectivity index (χ3v) is 3.60. The molecular formula is C18H12ClN3O5. The lowest BCUT2D eigenvalue weighted by molar-refractivity contribution is -0.384. The number of rotatable bonds is 6. The van der Waals surface area contributed by atoms with Crippen molar-refractivity contribution in [3.05, 3.63) is 74.8 Å². The number of amides is 1. The number of nitrogens with zero attached hydrogens (tertiary/aromatic N) is 2. The van der Waals surface area contributed by atoms with Gasteiger partial charge in [-0.2, -0.15) is 5.26 Å². The first-order chi connectivity index (χ1) is 12.9. The first-order valence-electron chi connectivity index (χ1n) is 7.48. The van der Waals surface area contributed by atoms with Gasteiger partial charge in [-0.15, -0.1) is 0 Å². The number of esters is 1. The van der Waals surface area contributed by atoms with Gasteiger partial charge >= 0.3 is 5.97 Å². The number of nitriles is 1. The van der Waals surface area contributed by atoms with Crippen molar-refractivity contribution in [2.45, 2.75) is 0 Å². The molecule has 0 saturated carbocycles. The number of non-ortho nitro benzene ring substituents is 1. The van der Waals surface area contributed by atoms with E-state index in [1.54, 1.807) is 30.3 Å². The summed E-state index contributed by atoms with van der Waals surface area (Å²) in [6.07, 6.45) is 2.58. The van der Waals surface area contributed by atoms with Gasteiger partial charge in [-0.25, -0.2) is 4.79 Å². The van der Waals surface area contributed by atoms with Crippen LogP contribution < -0.4 is 5.32 Å². The Morgan fingerprint density at radius 1 is 1.30 bits per heavy atom. The lowest BCUT2D eigenvalue weighted by atomic mass is 10.1. The maximum absolute atomic E-state index is 11.9. The molecule has 2 aromatic rings. The van der Waals surface area contributed by atoms with E-state index < -0.39 is 23.4 Å². The number of ether oxygens (including phenoxy) is 1. The molecule has 0 aliphatic carbocycles. The Labute approximate surface area is 158 Å². The van der Waals surface area contributed by atoms with E-state index in [2.05, 4.69) is 5.32 Å². The SMILES string of the molecule is N#Cc1cc([N+](=O)[O-])ccc1NC(=O)COC(=O)/C=C/c1ccccc1Cl. The highest BCUT2D eigenvalue weighted by atomic mass is 35.5. The first-order valence-corrected chi connectivity index (χ1v) is 7.86. The fourth-order valence-corrected chi connectivity index (χ4v) is 2.19. The normalized spacial score (nSPS) is 10.2. The van der Waals surface area contributed by atoms with E-state index in [1.165, 1.54) is 12.1 Å². The summed E-state index contributed by atoms with van der Waals surface area (Å²) in [5.74, 6) is -1.45. The molecule has 0 bridgehead atoms. The molecule has 0 aliphatic heterocycles. The second-order valence-corrected chi connectivity index (χ2v) is 5.52. The van der Waals surface area contributed by atoms with Crippen LogP contribution in [0.25, 0.3) is 6.08 Å². The van der Waals surface area contributed by atoms with Crippen molar-refractivity contribution in [2.75, 3.05) is 11.9 Å². The number of benzene rings is 2. The Bertz CT molecular complexity index is 966. The highest BCUT2D eigenvalue weighted by Gasteiger charge is 2.13. The van der Waals surface area contributed by atoms with Gasteiger partial charge in [0.05, 0.1) is 16.2 Å². The molecule has 27 heavy (non-hydrogen) atoms. The van der Waals surface area contributed by atoms with Crippen LogP contribution in [0.1, 0.15) is 11.1 Å². The van der Waals surface area contributed by atoms with Crippen LogP contribution in [-0.2, 0) is 14.3 Å². The maximum Gasteiger partial charge on any atom is 0.331 e. The summed E-state index contributed by atoms with van der Waals surface area (Å²) < 4.78 is 4.80. The van der Waals surface area contributed by atoms with Crippen molar-refractivity contribution in [1.82, 2.24) is 0 Å². The minimum atomic E-state index is -0.755. The summed E-state index contributed by atoms with van der Waals surface area (Å²) in [6.45, 7) is -0.590. The van der Waals surface area contributed by atoms with Crippen LogP contribution in [0.3, 0.4) is 0 Å². The molecule has 2 aromatic carbocycles. The smallest absolute Gasteiger partial charge is 0.331 e. The zero-order chi connectivity index (χ0) is 19.8. The summed E-state index contributed by atoms with van der Waals surface area (Å²) in [6, 6.07) is 12.0. The number of nitrogens with one attached hydrogen (secondary N) is 1. The molecule has 1 amide bonds. The average Bonchev–Trinajstić information content (AvgIpc) is 2.65. The average molecular weight is 386 g/mol. The van der Waals surface area contributed by atoms with Crippen LogP contribution in [0.2, 0.25) is 5.02 Å². The van der Waals surface area contributed by atoms with E-state index in [-0.39, 0.29) is 16.9 Å². The van der Waals surface area contributed by atoms with Crippen molar-refractivity contribution in [3.63, 3.8) is 0 Å². The summed E-state index contributed by atoms with van der Waals surface area (Å²) in [7, 11) is 0. The molecule has 0 spiro atoms. The van der Waals surface area contributed by atoms with Crippen LogP contribution >= 0.6 is 11.6 Å². The molecule has 0 radical (unpaired) electrons. The minimum Gasteiger partial charge on any atom is -0.452 e. The van der Waals surface area contributed by atoms with Gasteiger partial charge in [-0.1, -0.05) is 29.8 Å². The van der Waals surface area contributed by atoms with Gasteiger partial charge < -0.3 is 10.1 Å². The fourth-order valence-electron chi connectivity index (χ4n) is 1.99. The van der Waals surface area contributed by atoms with E-state index >= 15 is 0 Å². The van der Waals surface area contributed by atoms with Crippen LogP contribution in [0.4, 0.5) is 11.4 Å². The molecule has 0 atom stereocenters. The highest BCUT2D eigenvalue weighted by molar-refractivity contribution is 6.32. The molecule has 0 aromatic heterocycles. The Hall–Kier alpha value is -3.70. The van der Waals surface area contributed by atoms with Crippen LogP contribution in [0.5, 0.6) is 0 Å². The van der Waals surface area contributed by atoms with Gasteiger partial charge in [-0.05, 0) is 23.8 Å². The van der Waals surface area contributed by atoms with Crippen LogP contribution in [0.15, 0.2) is 48.5 Å². The Morgan fingerprint density at radius 3 is 2.70 bits per heavy atom. The van der Waals surface area contributed by atoms with Crippen molar-refractivity contribution in [2.24, 2.45) is 0 Å². The predicted molar refractivity (Wildman–Crippen MR) is 97.9 cm³/mol. The third kappa shape index (κ3) is 5.66. The van der Waals surface area contributed by atoms with Gasteiger partial charge in [-0.3, -0.25) is 14.9 Å². The van der Waals surface area contributed by atoms with Crippen molar-refractivity contribution in [3.8, 4) is 6.07 Å². The molecular weight excluding hydrogens is 374 g/mol. The molecule has 9 heteroatoms. The summed E-state index contributed by atoms with van der Waals surface area (Å²) in [5.41, 5.74) is 0.337. The van der Waals surface area contributed by atoms with Gasteiger partial charge in [0.25, 0.3) is 11.6 Å². The maximum atomic E-state index is 11.9. The molecule has 0 saturated heterocycles. The number of anilines is 1. The van der Waals surface area contributed by atoms with Crippen LogP contribution in [0, 0.1) is 21.4 Å². The number of nitro benzene ring substituents is 1. The third-order valence-electron chi connectivity index (χ3n) is 3.26. The quantitative estimate of drug-likeness (QED) is 0.352. The first kappa shape index (κ1) is 19.6. The van der Waals surface area contributed by atoms with Gasteiger partial charge in [0.1, 0.15) is 6.07 Å². The number of carbonyl (C=O) groups excluding carboxylic acids is 2. The number of halogens is 1. The largest absolute Gasteiger partial charge is 0.452 e. The Kier molecular flexibility index (Phi) is 6.63. The van der Waals surface area contributed by atoms with Crippen LogP contribution in [-0.4, -0.2) is 23.4 Å². The lowest BCUT2D eigenvalue weighted by Crippen LogP contribution is -2.20. The fraction of sp³-hybridized carbons (Fsp3) is 0.0556. The zero-order valence-electron chi connectivity index (χ0n) is 13.7. The molecule has 136 valence electrons. The Balaban J connectivity index is 1.93. The summed E-state index contributed by atoms with van der Waals surface area (Å²) in [4.78, 5) is 33.6. The van der Waals surface area contributed by atoms with Gasteiger partial charge in [0.15, 0.2) is 6.61 Å². The topological polar surface area (TPSA) is 122 Å². The molecule has 1 N–H and O–H groups in total. The standard InChI is InChI=1S/C18H12ClN3O5/c19-15-4-2-1-3-12(15)5-8-18(24)27-11-17(23)21-16-7-6-14(22(25)26)9-13(16)10-20/h1-9H,11H2,(H,21,23)/b8-5+. The van der Waals surface area contributed by atoms with E-state index in [1.807, 2.05) is 0 Å². The van der Waals surface area contributed by atoms with E-state index in [9.17, 15) is 19.7 Å². The number of nitro groups is 1. The second kappa shape index (κ2) is 9.12. The number of hydrogen-bond donors (Lipinski definition) is 1. The summed E-state index contributed by atoms with van der Waals surface area (Å²) >= 11 is 5.95. The number of hydrogen-bond acceptors (Lipinski definition) is 6. The van der Waals surface area contributed by atoms with Crippen molar-refractivity contribution >= 4 is 40.9 Å². The Morgan fingerprint density at radius 2 is 2.04 bits per heavy atom. The molecule has 0 aliphatic rings. The van der Waals surface area contributed by atoms with Gasteiger partial charge in [0, 0.05) is 23.2 Å². The molecule has 0 fully saturated rings. The second-order valence-electron chi connectivity index (χ2n) is 5.11. The predicted octanol–water partition coefficient (Wildman–Crippen LogP) is 3.31. The van der Waals surface area contributed by atoms with Gasteiger partial charge in [0.2, 0.25) is 0 Å². The lowest BCUT2D eigenvalue weighted by Gasteiger charge is -2.07. The summed E-state index contributed by atoms with van der Waals surface area (Å²) in [5, 5.41) is 22.5. The zero-order valence-corrected chi connectivity index (χ0v) is 14.5. The highest BCUT2D eigenvalue weighted by Crippen LogP contribution is 2.21. The van der Waals surface area contributed by atoms with Crippen molar-refractivity contribution in [1.29, 1.82) is 5.26 Å².